The first kappa shape index (κ1) is 17.0. The van der Waals surface area contributed by atoms with Gasteiger partial charge in [-0.15, -0.1) is 0 Å². The summed E-state index contributed by atoms with van der Waals surface area (Å²) < 4.78 is 10.8. The molecule has 3 rings (SSSR count). The molecule has 0 amide bonds. The Morgan fingerprint density at radius 1 is 0.920 bits per heavy atom. The molecule has 126 valence electrons. The molecule has 0 aliphatic rings. The van der Waals surface area contributed by atoms with E-state index in [9.17, 15) is 9.59 Å². The molecular formula is C20H15ClO4. The van der Waals surface area contributed by atoms with Gasteiger partial charge in [-0.25, -0.2) is 4.79 Å². The van der Waals surface area contributed by atoms with Gasteiger partial charge in [-0.05, 0) is 43.3 Å². The van der Waals surface area contributed by atoms with E-state index in [4.69, 9.17) is 21.1 Å². The van der Waals surface area contributed by atoms with Crippen LogP contribution in [-0.4, -0.2) is 18.4 Å². The third kappa shape index (κ3) is 3.98. The summed E-state index contributed by atoms with van der Waals surface area (Å²) in [6.45, 7) is 1.24. The highest BCUT2D eigenvalue weighted by Gasteiger charge is 2.10. The molecule has 4 nitrogen and oxygen atoms in total. The first-order valence-corrected chi connectivity index (χ1v) is 8.04. The van der Waals surface area contributed by atoms with E-state index < -0.39 is 5.97 Å². The van der Waals surface area contributed by atoms with E-state index in [1.807, 2.05) is 24.3 Å². The summed E-state index contributed by atoms with van der Waals surface area (Å²) in [6.07, 6.45) is 0. The maximum absolute atomic E-state index is 12.0. The quantitative estimate of drug-likeness (QED) is 0.379. The molecule has 0 saturated heterocycles. The fraction of sp³-hybridized carbons (Fsp3) is 0.100. The molecule has 25 heavy (non-hydrogen) atoms. The number of carbonyl (C=O) groups is 2. The summed E-state index contributed by atoms with van der Waals surface area (Å²) in [6, 6.07) is 17.3. The molecule has 0 unspecified atom stereocenters. The Hall–Kier alpha value is -2.85. The molecule has 0 aliphatic carbocycles. The van der Waals surface area contributed by atoms with Crippen LogP contribution in [0, 0.1) is 0 Å². The molecule has 0 N–H and O–H groups in total. The van der Waals surface area contributed by atoms with Gasteiger partial charge in [0.05, 0.1) is 0 Å². The van der Waals surface area contributed by atoms with Crippen molar-refractivity contribution in [3.8, 4) is 11.5 Å². The second-order valence-electron chi connectivity index (χ2n) is 5.43. The Balaban J connectivity index is 1.66. The lowest BCUT2D eigenvalue weighted by Gasteiger charge is -2.10. The second-order valence-corrected chi connectivity index (χ2v) is 5.84. The summed E-state index contributed by atoms with van der Waals surface area (Å²) in [7, 11) is 0. The normalized spacial score (nSPS) is 10.5. The number of ether oxygens (including phenoxy) is 2. The van der Waals surface area contributed by atoms with Gasteiger partial charge in [-0.1, -0.05) is 35.9 Å². The van der Waals surface area contributed by atoms with Crippen LogP contribution in [0.1, 0.15) is 17.3 Å². The van der Waals surface area contributed by atoms with E-state index in [0.29, 0.717) is 22.1 Å². The highest BCUT2D eigenvalue weighted by molar-refractivity contribution is 6.35. The molecule has 0 radical (unpaired) electrons. The average Bonchev–Trinajstić information content (AvgIpc) is 2.62. The van der Waals surface area contributed by atoms with Gasteiger partial charge in [0, 0.05) is 21.4 Å². The monoisotopic (exact) mass is 354 g/mol. The minimum Gasteiger partial charge on any atom is -0.481 e. The van der Waals surface area contributed by atoms with Crippen LogP contribution in [-0.2, 0) is 4.79 Å². The SMILES string of the molecule is CC(=O)c1ccc(OC(=O)COc2ccc(Cl)c3ccccc23)cc1. The number of carbonyl (C=O) groups excluding carboxylic acids is 2. The maximum atomic E-state index is 12.0. The number of esters is 1. The van der Waals surface area contributed by atoms with Crippen molar-refractivity contribution in [1.29, 1.82) is 0 Å². The zero-order valence-corrected chi connectivity index (χ0v) is 14.2. The zero-order chi connectivity index (χ0) is 17.8. The number of halogens is 1. The fourth-order valence-electron chi connectivity index (χ4n) is 2.42. The smallest absolute Gasteiger partial charge is 0.349 e. The highest BCUT2D eigenvalue weighted by Crippen LogP contribution is 2.31. The molecule has 0 spiro atoms. The van der Waals surface area contributed by atoms with Crippen LogP contribution < -0.4 is 9.47 Å². The zero-order valence-electron chi connectivity index (χ0n) is 13.5. The van der Waals surface area contributed by atoms with E-state index in [2.05, 4.69) is 0 Å². The van der Waals surface area contributed by atoms with Crippen LogP contribution in [0.25, 0.3) is 10.8 Å². The lowest BCUT2D eigenvalue weighted by molar-refractivity contribution is -0.136. The number of ketones is 1. The molecule has 0 heterocycles. The first-order chi connectivity index (χ1) is 12.0. The van der Waals surface area contributed by atoms with Gasteiger partial charge in [0.25, 0.3) is 0 Å². The van der Waals surface area contributed by atoms with Crippen LogP contribution in [0.15, 0.2) is 60.7 Å². The molecular weight excluding hydrogens is 340 g/mol. The second kappa shape index (κ2) is 7.36. The number of rotatable bonds is 5. The summed E-state index contributed by atoms with van der Waals surface area (Å²) >= 11 is 6.16. The highest BCUT2D eigenvalue weighted by atomic mass is 35.5. The van der Waals surface area contributed by atoms with E-state index >= 15 is 0 Å². The maximum Gasteiger partial charge on any atom is 0.349 e. The lowest BCUT2D eigenvalue weighted by Crippen LogP contribution is -2.17. The summed E-state index contributed by atoms with van der Waals surface area (Å²) in [4.78, 5) is 23.2. The standard InChI is InChI=1S/C20H15ClO4/c1-13(22)14-6-8-15(9-7-14)25-20(23)12-24-19-11-10-18(21)16-4-2-3-5-17(16)19/h2-11H,12H2,1H3. The van der Waals surface area contributed by atoms with E-state index in [1.54, 1.807) is 36.4 Å². The largest absolute Gasteiger partial charge is 0.481 e. The summed E-state index contributed by atoms with van der Waals surface area (Å²) in [5.41, 5.74) is 0.559. The number of Topliss-reactive ketones (excluding diaryl/α,β-unsaturated/α-hetero) is 1. The minimum atomic E-state index is -0.533. The lowest BCUT2D eigenvalue weighted by atomic mass is 10.1. The summed E-state index contributed by atoms with van der Waals surface area (Å²) in [5.74, 6) is 0.342. The predicted octanol–water partition coefficient (Wildman–Crippen LogP) is 4.68. The van der Waals surface area contributed by atoms with Crippen molar-refractivity contribution in [2.24, 2.45) is 0 Å². The van der Waals surface area contributed by atoms with Crippen LogP contribution in [0.5, 0.6) is 11.5 Å². The van der Waals surface area contributed by atoms with Crippen LogP contribution in [0.3, 0.4) is 0 Å². The minimum absolute atomic E-state index is 0.0455. The van der Waals surface area contributed by atoms with E-state index in [0.717, 1.165) is 10.8 Å². The molecule has 0 aliphatic heterocycles. The van der Waals surface area contributed by atoms with Crippen molar-refractivity contribution in [2.75, 3.05) is 6.61 Å². The Kier molecular flexibility index (Phi) is 5.00. The number of fused-ring (bicyclic) bond motifs is 1. The van der Waals surface area contributed by atoms with Crippen molar-refractivity contribution < 1.29 is 19.1 Å². The van der Waals surface area contributed by atoms with Gasteiger partial charge in [0.15, 0.2) is 12.4 Å². The third-order valence-corrected chi connectivity index (χ3v) is 4.00. The van der Waals surface area contributed by atoms with Gasteiger partial charge in [0.1, 0.15) is 11.5 Å². The Morgan fingerprint density at radius 2 is 1.60 bits per heavy atom. The van der Waals surface area contributed by atoms with Crippen LogP contribution >= 0.6 is 11.6 Å². The van der Waals surface area contributed by atoms with Crippen molar-refractivity contribution in [3.63, 3.8) is 0 Å². The predicted molar refractivity (Wildman–Crippen MR) is 96.5 cm³/mol. The third-order valence-electron chi connectivity index (χ3n) is 3.67. The number of benzene rings is 3. The van der Waals surface area contributed by atoms with Gasteiger partial charge >= 0.3 is 5.97 Å². The van der Waals surface area contributed by atoms with Gasteiger partial charge < -0.3 is 9.47 Å². The molecule has 5 heteroatoms. The molecule has 0 aromatic heterocycles. The average molecular weight is 355 g/mol. The molecule has 0 atom stereocenters. The molecule has 3 aromatic carbocycles. The summed E-state index contributed by atoms with van der Waals surface area (Å²) in [5, 5.41) is 2.31. The van der Waals surface area contributed by atoms with Crippen molar-refractivity contribution in [1.82, 2.24) is 0 Å². The molecule has 0 bridgehead atoms. The Morgan fingerprint density at radius 3 is 2.28 bits per heavy atom. The molecule has 3 aromatic rings. The Bertz CT molecular complexity index is 932. The van der Waals surface area contributed by atoms with Crippen molar-refractivity contribution in [2.45, 2.75) is 6.92 Å². The van der Waals surface area contributed by atoms with Crippen LogP contribution in [0.4, 0.5) is 0 Å². The molecule has 0 saturated carbocycles. The number of hydrogen-bond acceptors (Lipinski definition) is 4. The number of hydrogen-bond donors (Lipinski definition) is 0. The topological polar surface area (TPSA) is 52.6 Å². The molecule has 0 fully saturated rings. The Labute approximate surface area is 149 Å². The van der Waals surface area contributed by atoms with E-state index in [1.165, 1.54) is 6.92 Å². The first-order valence-electron chi connectivity index (χ1n) is 7.66. The van der Waals surface area contributed by atoms with Crippen LogP contribution in [0.2, 0.25) is 5.02 Å². The fourth-order valence-corrected chi connectivity index (χ4v) is 2.64. The van der Waals surface area contributed by atoms with E-state index in [-0.39, 0.29) is 12.4 Å². The van der Waals surface area contributed by atoms with Gasteiger partial charge in [-0.2, -0.15) is 0 Å². The van der Waals surface area contributed by atoms with Crippen molar-refractivity contribution >= 4 is 34.1 Å². The van der Waals surface area contributed by atoms with Crippen molar-refractivity contribution in [3.05, 3.63) is 71.2 Å². The van der Waals surface area contributed by atoms with Gasteiger partial charge in [0.2, 0.25) is 0 Å². The van der Waals surface area contributed by atoms with Gasteiger partial charge in [-0.3, -0.25) is 4.79 Å².